The Bertz CT molecular complexity index is 1450. The van der Waals surface area contributed by atoms with Crippen molar-refractivity contribution in [1.82, 2.24) is 9.80 Å². The zero-order chi connectivity index (χ0) is 29.7. The highest BCUT2D eigenvalue weighted by molar-refractivity contribution is 6.33. The maximum atomic E-state index is 14.0. The summed E-state index contributed by atoms with van der Waals surface area (Å²) in [7, 11) is 3.15. The highest BCUT2D eigenvalue weighted by Crippen LogP contribution is 2.55. The van der Waals surface area contributed by atoms with Crippen molar-refractivity contribution < 1.29 is 34.8 Å². The Hall–Kier alpha value is -2.92. The zero-order valence-corrected chi connectivity index (χ0v) is 24.1. The third kappa shape index (κ3) is 3.98. The van der Waals surface area contributed by atoms with Gasteiger partial charge < -0.3 is 26.2 Å². The molecule has 1 aromatic rings. The summed E-state index contributed by atoms with van der Waals surface area (Å²) in [4.78, 5) is 43.3. The summed E-state index contributed by atoms with van der Waals surface area (Å²) >= 11 is 7.05. The Morgan fingerprint density at radius 3 is 2.46 bits per heavy atom. The summed E-state index contributed by atoms with van der Waals surface area (Å²) in [6.07, 6.45) is 4.53. The van der Waals surface area contributed by atoms with Gasteiger partial charge in [-0.25, -0.2) is 0 Å². The predicted octanol–water partition coefficient (Wildman–Crippen LogP) is 2.55. The lowest BCUT2D eigenvalue weighted by Crippen LogP contribution is -2.65. The molecule has 0 bridgehead atoms. The SMILES string of the molecule is CC1CCC(c2cc(O)c3c(c2Cl)C[C@H]2C[C@H]4[C@H](N(C)C)C(=O)C(C(N)=O)=C(O)[C@@]4(O)C(=O)C2=C3O)N1CC1CC1. The number of carbonyl (C=O) groups excluding carboxylic acids is 3. The first-order valence-corrected chi connectivity index (χ1v) is 14.6. The number of hydrogen-bond donors (Lipinski definition) is 5. The Kier molecular flexibility index (Phi) is 6.57. The van der Waals surface area contributed by atoms with Crippen LogP contribution in [-0.4, -0.2) is 86.0 Å². The van der Waals surface area contributed by atoms with Gasteiger partial charge in [-0.15, -0.1) is 0 Å². The number of likely N-dealkylation sites (N-methyl/N-ethyl adjacent to an activating group) is 1. The summed E-state index contributed by atoms with van der Waals surface area (Å²) in [6, 6.07) is 0.832. The second-order valence-electron chi connectivity index (χ2n) is 12.7. The second-order valence-corrected chi connectivity index (χ2v) is 13.1. The van der Waals surface area contributed by atoms with Crippen molar-refractivity contribution in [1.29, 1.82) is 0 Å². The molecule has 0 radical (unpaired) electrons. The van der Waals surface area contributed by atoms with Crippen molar-refractivity contribution in [2.75, 3.05) is 20.6 Å². The minimum Gasteiger partial charge on any atom is -0.508 e. The van der Waals surface area contributed by atoms with Gasteiger partial charge in [0, 0.05) is 35.1 Å². The minimum absolute atomic E-state index is 0.0169. The highest BCUT2D eigenvalue weighted by Gasteiger charge is 2.64. The van der Waals surface area contributed by atoms with Crippen LogP contribution in [-0.2, 0) is 20.8 Å². The number of halogens is 1. The van der Waals surface area contributed by atoms with Gasteiger partial charge in [0.1, 0.15) is 22.8 Å². The molecule has 6 atom stereocenters. The van der Waals surface area contributed by atoms with Gasteiger partial charge in [0.2, 0.25) is 5.78 Å². The van der Waals surface area contributed by atoms with Crippen LogP contribution < -0.4 is 5.73 Å². The molecule has 1 aliphatic heterocycles. The molecule has 1 saturated heterocycles. The number of benzene rings is 1. The number of primary amides is 1. The molecule has 1 amide bonds. The highest BCUT2D eigenvalue weighted by atomic mass is 35.5. The number of rotatable bonds is 5. The number of aliphatic hydroxyl groups is 3. The summed E-state index contributed by atoms with van der Waals surface area (Å²) in [5, 5.41) is 45.8. The number of nitrogens with zero attached hydrogens (tertiary/aromatic N) is 2. The minimum atomic E-state index is -2.66. The third-order valence-electron chi connectivity index (χ3n) is 10.0. The molecule has 1 aromatic carbocycles. The molecule has 4 aliphatic carbocycles. The van der Waals surface area contributed by atoms with E-state index in [0.29, 0.717) is 22.5 Å². The smallest absolute Gasteiger partial charge is 0.255 e. The van der Waals surface area contributed by atoms with E-state index < -0.39 is 58.0 Å². The number of nitrogens with two attached hydrogens (primary N) is 1. The van der Waals surface area contributed by atoms with Crippen molar-refractivity contribution in [2.45, 2.75) is 69.2 Å². The van der Waals surface area contributed by atoms with Crippen molar-refractivity contribution >= 4 is 34.8 Å². The number of aromatic hydroxyl groups is 1. The lowest BCUT2D eigenvalue weighted by atomic mass is 9.57. The van der Waals surface area contributed by atoms with Gasteiger partial charge >= 0.3 is 0 Å². The molecule has 11 heteroatoms. The van der Waals surface area contributed by atoms with Crippen molar-refractivity contribution in [3.63, 3.8) is 0 Å². The van der Waals surface area contributed by atoms with Crippen LogP contribution in [0.2, 0.25) is 5.02 Å². The van der Waals surface area contributed by atoms with E-state index in [0.717, 1.165) is 24.9 Å². The fourth-order valence-corrected chi connectivity index (χ4v) is 8.18. The Balaban J connectivity index is 1.47. The number of Topliss-reactive ketones (excluding diaryl/α,β-unsaturated/α-hetero) is 2. The molecule has 6 rings (SSSR count). The maximum Gasteiger partial charge on any atom is 0.255 e. The third-order valence-corrected chi connectivity index (χ3v) is 10.5. The molecule has 3 fully saturated rings. The topological polar surface area (TPSA) is 165 Å². The monoisotopic (exact) mass is 585 g/mol. The Labute approximate surface area is 243 Å². The van der Waals surface area contributed by atoms with Crippen LogP contribution in [0.15, 0.2) is 23.0 Å². The lowest BCUT2D eigenvalue weighted by molar-refractivity contribution is -0.153. The number of phenols is 1. The van der Waals surface area contributed by atoms with Gasteiger partial charge in [0.05, 0.1) is 11.6 Å². The van der Waals surface area contributed by atoms with Gasteiger partial charge in [-0.2, -0.15) is 0 Å². The fourth-order valence-electron chi connectivity index (χ4n) is 7.83. The fraction of sp³-hybridized carbons (Fsp3) is 0.567. The molecule has 5 aliphatic rings. The standard InChI is InChI=1S/C30H36ClN3O7/c1-12-4-7-18(34(12)11-13-5-6-13)15-10-19(35)21-16(23(15)31)8-14-9-17-24(33(2)3)26(37)22(29(32)40)28(39)30(17,41)27(38)20(14)25(21)36/h10,12-14,17-18,24,35-36,39,41H,4-9,11H2,1-3H3,(H2,32,40)/t12?,14-,17-,18?,24-,30-/m0/s1. The zero-order valence-electron chi connectivity index (χ0n) is 23.4. The van der Waals surface area contributed by atoms with E-state index in [9.17, 15) is 34.8 Å². The van der Waals surface area contributed by atoms with Gasteiger partial charge in [0.25, 0.3) is 5.91 Å². The van der Waals surface area contributed by atoms with E-state index in [1.807, 2.05) is 0 Å². The van der Waals surface area contributed by atoms with E-state index in [1.165, 1.54) is 17.7 Å². The molecule has 6 N–H and O–H groups in total. The average molecular weight is 586 g/mol. The molecular formula is C30H36ClN3O7. The van der Waals surface area contributed by atoms with Crippen LogP contribution in [0.1, 0.15) is 61.8 Å². The molecule has 0 spiro atoms. The van der Waals surface area contributed by atoms with E-state index in [4.69, 9.17) is 17.3 Å². The van der Waals surface area contributed by atoms with E-state index in [2.05, 4.69) is 11.8 Å². The van der Waals surface area contributed by atoms with Crippen LogP contribution in [0.4, 0.5) is 0 Å². The average Bonchev–Trinajstić information content (AvgIpc) is 3.64. The van der Waals surface area contributed by atoms with Crippen LogP contribution in [0, 0.1) is 17.8 Å². The maximum absolute atomic E-state index is 14.0. The van der Waals surface area contributed by atoms with Gasteiger partial charge in [-0.05, 0) is 88.6 Å². The predicted molar refractivity (Wildman–Crippen MR) is 150 cm³/mol. The molecule has 10 nitrogen and oxygen atoms in total. The number of carbonyl (C=O) groups is 3. The number of hydrogen-bond acceptors (Lipinski definition) is 9. The van der Waals surface area contributed by atoms with E-state index >= 15 is 0 Å². The summed E-state index contributed by atoms with van der Waals surface area (Å²) in [6.45, 7) is 3.17. The molecule has 41 heavy (non-hydrogen) atoms. The first-order valence-electron chi connectivity index (χ1n) is 14.2. The molecular weight excluding hydrogens is 550 g/mol. The van der Waals surface area contributed by atoms with Crippen molar-refractivity contribution in [3.05, 3.63) is 44.7 Å². The molecule has 1 heterocycles. The first-order chi connectivity index (χ1) is 19.3. The molecule has 2 unspecified atom stereocenters. The number of aliphatic hydroxyl groups excluding tert-OH is 2. The van der Waals surface area contributed by atoms with Crippen LogP contribution in [0.3, 0.4) is 0 Å². The van der Waals surface area contributed by atoms with Crippen LogP contribution >= 0.6 is 11.6 Å². The molecule has 0 aromatic heterocycles. The number of ketones is 2. The van der Waals surface area contributed by atoms with Crippen molar-refractivity contribution in [2.24, 2.45) is 23.5 Å². The summed E-state index contributed by atoms with van der Waals surface area (Å²) < 4.78 is 0. The quantitative estimate of drug-likeness (QED) is 0.327. The van der Waals surface area contributed by atoms with E-state index in [-0.39, 0.29) is 35.8 Å². The molecule has 2 saturated carbocycles. The largest absolute Gasteiger partial charge is 0.508 e. The number of phenolic OH excluding ortho intramolecular Hbond substituents is 1. The Morgan fingerprint density at radius 2 is 1.85 bits per heavy atom. The summed E-state index contributed by atoms with van der Waals surface area (Å²) in [5.74, 6) is -6.03. The number of fused-ring (bicyclic) bond motifs is 3. The second kappa shape index (κ2) is 9.55. The first kappa shape index (κ1) is 28.2. The van der Waals surface area contributed by atoms with Gasteiger partial charge in [-0.3, -0.25) is 24.2 Å². The normalized spacial score (nSPS) is 33.8. The number of likely N-dealkylation sites (tertiary alicyclic amines) is 1. The van der Waals surface area contributed by atoms with Crippen LogP contribution in [0.25, 0.3) is 5.76 Å². The van der Waals surface area contributed by atoms with Gasteiger partial charge in [0.15, 0.2) is 11.4 Å². The molecule has 220 valence electrons. The Morgan fingerprint density at radius 1 is 1.17 bits per heavy atom. The van der Waals surface area contributed by atoms with Crippen molar-refractivity contribution in [3.8, 4) is 5.75 Å². The number of amides is 1. The lowest BCUT2D eigenvalue weighted by Gasteiger charge is -2.50. The summed E-state index contributed by atoms with van der Waals surface area (Å²) in [5.41, 5.74) is 3.03. The van der Waals surface area contributed by atoms with Gasteiger partial charge in [-0.1, -0.05) is 11.6 Å². The van der Waals surface area contributed by atoms with Crippen LogP contribution in [0.5, 0.6) is 5.75 Å². The van der Waals surface area contributed by atoms with E-state index in [1.54, 1.807) is 20.2 Å².